The fourth-order valence-electron chi connectivity index (χ4n) is 3.24. The second-order valence-electron chi connectivity index (χ2n) is 7.00. The highest BCUT2D eigenvalue weighted by Gasteiger charge is 2.45. The summed E-state index contributed by atoms with van der Waals surface area (Å²) in [5.74, 6) is -0.739. The van der Waals surface area contributed by atoms with Crippen LogP contribution in [0.1, 0.15) is 11.1 Å². The summed E-state index contributed by atoms with van der Waals surface area (Å²) in [6, 6.07) is 3.93. The molecule has 0 radical (unpaired) electrons. The smallest absolute Gasteiger partial charge is 0.407 e. The van der Waals surface area contributed by atoms with E-state index in [0.717, 1.165) is 8.66 Å². The van der Waals surface area contributed by atoms with Gasteiger partial charge in [-0.05, 0) is 28.1 Å². The number of nitrogens with one attached hydrogen (secondary N) is 2. The quantitative estimate of drug-likeness (QED) is 0.270. The molecule has 13 nitrogen and oxygen atoms in total. The third-order valence-corrected chi connectivity index (χ3v) is 6.42. The van der Waals surface area contributed by atoms with Crippen LogP contribution >= 0.6 is 27.3 Å². The van der Waals surface area contributed by atoms with Crippen molar-refractivity contribution < 1.29 is 34.4 Å². The molecule has 1 aliphatic rings. The Bertz CT molecular complexity index is 1160. The summed E-state index contributed by atoms with van der Waals surface area (Å²) in [7, 11) is 0. The number of hydrogen-bond donors (Lipinski definition) is 5. The highest BCUT2D eigenvalue weighted by atomic mass is 79.9. The Morgan fingerprint density at radius 3 is 2.79 bits per heavy atom. The normalized spacial score (nSPS) is 22.4. The van der Waals surface area contributed by atoms with Crippen LogP contribution in [0.15, 0.2) is 28.6 Å². The Morgan fingerprint density at radius 1 is 1.24 bits per heavy atom. The average Bonchev–Trinajstić information content (AvgIpc) is 3.48. The van der Waals surface area contributed by atoms with Gasteiger partial charge < -0.3 is 35.4 Å². The van der Waals surface area contributed by atoms with Crippen molar-refractivity contribution in [2.75, 3.05) is 18.5 Å². The predicted molar refractivity (Wildman–Crippen MR) is 118 cm³/mol. The Balaban J connectivity index is 1.44. The van der Waals surface area contributed by atoms with Gasteiger partial charge in [-0.15, -0.1) is 11.3 Å². The SMILES string of the molecule is O=C(O)CNC(=O)OCC1OC(n2cnc3c(NCc4ccc(Br)s4)ncnc32)C(O)C1O. The molecule has 0 aliphatic carbocycles. The minimum absolute atomic E-state index is 0.372. The molecule has 0 bridgehead atoms. The molecule has 4 unspecified atom stereocenters. The van der Waals surface area contributed by atoms with E-state index >= 15 is 0 Å². The highest BCUT2D eigenvalue weighted by molar-refractivity contribution is 9.11. The number of thiophene rings is 1. The van der Waals surface area contributed by atoms with Gasteiger partial charge in [0.15, 0.2) is 23.2 Å². The molecule has 4 atom stereocenters. The minimum atomic E-state index is -1.36. The number of imidazole rings is 1. The van der Waals surface area contributed by atoms with Crippen molar-refractivity contribution in [2.24, 2.45) is 0 Å². The number of alkyl carbamates (subject to hydrolysis) is 1. The Morgan fingerprint density at radius 2 is 2.06 bits per heavy atom. The predicted octanol–water partition coefficient (Wildman–Crippen LogP) is 0.692. The van der Waals surface area contributed by atoms with Crippen molar-refractivity contribution in [3.05, 3.63) is 33.5 Å². The summed E-state index contributed by atoms with van der Waals surface area (Å²) < 4.78 is 13.0. The van der Waals surface area contributed by atoms with E-state index in [9.17, 15) is 19.8 Å². The number of aromatic nitrogens is 4. The van der Waals surface area contributed by atoms with Crippen LogP contribution in [0.5, 0.6) is 0 Å². The highest BCUT2D eigenvalue weighted by Crippen LogP contribution is 2.32. The number of hydrogen-bond acceptors (Lipinski definition) is 11. The maximum absolute atomic E-state index is 11.5. The maximum atomic E-state index is 11.5. The zero-order valence-electron chi connectivity index (χ0n) is 16.8. The van der Waals surface area contributed by atoms with E-state index in [1.165, 1.54) is 17.2 Å². The summed E-state index contributed by atoms with van der Waals surface area (Å²) in [6.45, 7) is -0.482. The summed E-state index contributed by atoms with van der Waals surface area (Å²) in [4.78, 5) is 35.9. The van der Waals surface area contributed by atoms with Crippen LogP contribution in [-0.2, 0) is 20.8 Å². The van der Waals surface area contributed by atoms with Crippen molar-refractivity contribution in [1.82, 2.24) is 24.8 Å². The Labute approximate surface area is 198 Å². The molecule has 5 N–H and O–H groups in total. The molecular formula is C18H19BrN6O7S. The fraction of sp³-hybridized carbons (Fsp3) is 0.389. The fourth-order valence-corrected chi connectivity index (χ4v) is 4.66. The lowest BCUT2D eigenvalue weighted by atomic mass is 10.1. The molecule has 15 heteroatoms. The monoisotopic (exact) mass is 542 g/mol. The van der Waals surface area contributed by atoms with Gasteiger partial charge in [0.1, 0.15) is 37.8 Å². The van der Waals surface area contributed by atoms with Crippen LogP contribution in [0.25, 0.3) is 11.2 Å². The van der Waals surface area contributed by atoms with E-state index in [1.807, 2.05) is 17.4 Å². The Kier molecular flexibility index (Phi) is 7.04. The molecule has 1 aliphatic heterocycles. The number of nitrogens with zero attached hydrogens (tertiary/aromatic N) is 4. The second-order valence-corrected chi connectivity index (χ2v) is 9.55. The molecule has 1 saturated heterocycles. The summed E-state index contributed by atoms with van der Waals surface area (Å²) in [6.07, 6.45) is -3.04. The third kappa shape index (κ3) is 5.22. The molecule has 3 aromatic rings. The number of carbonyl (C=O) groups is 2. The van der Waals surface area contributed by atoms with Crippen molar-refractivity contribution >= 4 is 56.3 Å². The van der Waals surface area contributed by atoms with Crippen LogP contribution < -0.4 is 10.6 Å². The molecule has 1 fully saturated rings. The zero-order chi connectivity index (χ0) is 23.5. The average molecular weight is 543 g/mol. The number of carboxylic acid groups (broad SMARTS) is 1. The van der Waals surface area contributed by atoms with Crippen molar-refractivity contribution in [3.8, 4) is 0 Å². The maximum Gasteiger partial charge on any atom is 0.407 e. The number of halogens is 1. The standard InChI is InChI=1S/C18H19BrN6O7S/c19-10-2-1-8(33-10)3-20-15-12-16(23-6-22-15)25(7-24-12)17-14(29)13(28)9(32-17)5-31-18(30)21-4-11(26)27/h1-2,6-7,9,13-14,17,28-29H,3-5H2,(H,21,30)(H,26,27)(H,20,22,23). The molecule has 0 aromatic carbocycles. The first-order valence-electron chi connectivity index (χ1n) is 9.63. The van der Waals surface area contributed by atoms with Gasteiger partial charge in [0.25, 0.3) is 0 Å². The third-order valence-electron chi connectivity index (χ3n) is 4.79. The number of amides is 1. The van der Waals surface area contributed by atoms with Gasteiger partial charge in [-0.3, -0.25) is 9.36 Å². The number of fused-ring (bicyclic) bond motifs is 1. The number of aliphatic carboxylic acids is 1. The van der Waals surface area contributed by atoms with E-state index in [2.05, 4.69) is 36.2 Å². The van der Waals surface area contributed by atoms with Crippen LogP contribution in [-0.4, -0.2) is 78.4 Å². The van der Waals surface area contributed by atoms with E-state index in [0.29, 0.717) is 23.5 Å². The molecule has 4 heterocycles. The lowest BCUT2D eigenvalue weighted by molar-refractivity contribution is -0.135. The van der Waals surface area contributed by atoms with E-state index < -0.39 is 49.8 Å². The minimum Gasteiger partial charge on any atom is -0.480 e. The van der Waals surface area contributed by atoms with E-state index in [1.54, 1.807) is 11.3 Å². The number of ether oxygens (including phenoxy) is 2. The lowest BCUT2D eigenvalue weighted by Crippen LogP contribution is -2.36. The van der Waals surface area contributed by atoms with Gasteiger partial charge in [0.05, 0.1) is 16.7 Å². The molecule has 0 saturated carbocycles. The van der Waals surface area contributed by atoms with Crippen LogP contribution in [0, 0.1) is 0 Å². The topological polar surface area (TPSA) is 181 Å². The van der Waals surface area contributed by atoms with Crippen molar-refractivity contribution in [3.63, 3.8) is 0 Å². The lowest BCUT2D eigenvalue weighted by Gasteiger charge is -2.16. The molecule has 33 heavy (non-hydrogen) atoms. The molecule has 1 amide bonds. The number of anilines is 1. The second kappa shape index (κ2) is 9.96. The first kappa shape index (κ1) is 23.3. The Hall–Kier alpha value is -2.85. The summed E-state index contributed by atoms with van der Waals surface area (Å²) in [5, 5.41) is 34.6. The molecular weight excluding hydrogens is 524 g/mol. The molecule has 176 valence electrons. The van der Waals surface area contributed by atoms with Gasteiger partial charge in [-0.25, -0.2) is 19.7 Å². The van der Waals surface area contributed by atoms with Crippen LogP contribution in [0.2, 0.25) is 0 Å². The largest absolute Gasteiger partial charge is 0.480 e. The zero-order valence-corrected chi connectivity index (χ0v) is 19.2. The first-order chi connectivity index (χ1) is 15.8. The first-order valence-corrected chi connectivity index (χ1v) is 11.2. The number of aliphatic hydroxyl groups excluding tert-OH is 2. The summed E-state index contributed by atoms with van der Waals surface area (Å²) >= 11 is 5.01. The number of carboxylic acids is 1. The summed E-state index contributed by atoms with van der Waals surface area (Å²) in [5.41, 5.74) is 0.822. The number of aliphatic hydroxyl groups is 2. The van der Waals surface area contributed by atoms with Gasteiger partial charge in [0.2, 0.25) is 0 Å². The van der Waals surface area contributed by atoms with E-state index in [4.69, 9.17) is 14.6 Å². The van der Waals surface area contributed by atoms with Gasteiger partial charge in [-0.2, -0.15) is 0 Å². The van der Waals surface area contributed by atoms with Gasteiger partial charge in [-0.1, -0.05) is 0 Å². The van der Waals surface area contributed by atoms with Crippen LogP contribution in [0.4, 0.5) is 10.6 Å². The van der Waals surface area contributed by atoms with Crippen molar-refractivity contribution in [2.45, 2.75) is 31.1 Å². The van der Waals surface area contributed by atoms with Gasteiger partial charge >= 0.3 is 12.1 Å². The van der Waals surface area contributed by atoms with Crippen molar-refractivity contribution in [1.29, 1.82) is 0 Å². The molecule has 4 rings (SSSR count). The number of rotatable bonds is 8. The van der Waals surface area contributed by atoms with E-state index in [-0.39, 0.29) is 0 Å². The number of carbonyl (C=O) groups excluding carboxylic acids is 1. The molecule has 3 aromatic heterocycles. The molecule has 0 spiro atoms. The van der Waals surface area contributed by atoms with Gasteiger partial charge in [0, 0.05) is 4.88 Å². The van der Waals surface area contributed by atoms with Crippen LogP contribution in [0.3, 0.4) is 0 Å².